The summed E-state index contributed by atoms with van der Waals surface area (Å²) in [5.41, 5.74) is 1.57. The number of thioether (sulfide) groups is 1. The molecular weight excluding hydrogens is 430 g/mol. The van der Waals surface area contributed by atoms with Crippen LogP contribution in [-0.2, 0) is 9.59 Å². The number of carboxylic acid groups (broad SMARTS) is 1. The number of benzene rings is 1. The summed E-state index contributed by atoms with van der Waals surface area (Å²) in [6.07, 6.45) is 7.47. The summed E-state index contributed by atoms with van der Waals surface area (Å²) < 4.78 is 1.79. The molecular formula is C23H23N3O5S. The highest BCUT2D eigenvalue weighted by Gasteiger charge is 2.37. The van der Waals surface area contributed by atoms with Gasteiger partial charge in [-0.3, -0.25) is 19.3 Å². The minimum absolute atomic E-state index is 0.178. The predicted molar refractivity (Wildman–Crippen MR) is 120 cm³/mol. The van der Waals surface area contributed by atoms with Crippen LogP contribution in [0.3, 0.4) is 0 Å². The molecule has 9 heteroatoms. The van der Waals surface area contributed by atoms with Crippen LogP contribution < -0.4 is 0 Å². The van der Waals surface area contributed by atoms with Gasteiger partial charge in [0.05, 0.1) is 10.5 Å². The lowest BCUT2D eigenvalue weighted by molar-refractivity contribution is -0.135. The largest absolute Gasteiger partial charge is 0.478 e. The van der Waals surface area contributed by atoms with E-state index in [1.165, 1.54) is 12.1 Å². The number of imide groups is 1. The van der Waals surface area contributed by atoms with Crippen molar-refractivity contribution in [2.75, 3.05) is 19.6 Å². The van der Waals surface area contributed by atoms with E-state index in [0.717, 1.165) is 48.0 Å². The highest BCUT2D eigenvalue weighted by atomic mass is 32.2. The van der Waals surface area contributed by atoms with E-state index >= 15 is 0 Å². The zero-order chi connectivity index (χ0) is 22.7. The van der Waals surface area contributed by atoms with Crippen LogP contribution in [0.15, 0.2) is 47.5 Å². The molecule has 0 radical (unpaired) electrons. The maximum absolute atomic E-state index is 12.9. The second-order valence-electron chi connectivity index (χ2n) is 7.72. The van der Waals surface area contributed by atoms with E-state index in [-0.39, 0.29) is 22.9 Å². The van der Waals surface area contributed by atoms with Gasteiger partial charge in [0, 0.05) is 30.7 Å². The molecule has 1 aromatic heterocycles. The molecule has 2 aromatic rings. The smallest absolute Gasteiger partial charge is 0.335 e. The quantitative estimate of drug-likeness (QED) is 0.694. The van der Waals surface area contributed by atoms with Gasteiger partial charge in [0.2, 0.25) is 5.91 Å². The van der Waals surface area contributed by atoms with Crippen molar-refractivity contribution in [3.05, 3.63) is 58.8 Å². The first-order chi connectivity index (χ1) is 15.4. The normalized spacial score (nSPS) is 18.3. The minimum Gasteiger partial charge on any atom is -0.478 e. The van der Waals surface area contributed by atoms with E-state index in [2.05, 4.69) is 0 Å². The van der Waals surface area contributed by atoms with E-state index in [9.17, 15) is 19.2 Å². The third-order valence-corrected chi connectivity index (χ3v) is 6.48. The van der Waals surface area contributed by atoms with E-state index in [1.54, 1.807) is 46.0 Å². The summed E-state index contributed by atoms with van der Waals surface area (Å²) in [7, 11) is 0. The van der Waals surface area contributed by atoms with Crippen molar-refractivity contribution in [3.63, 3.8) is 0 Å². The van der Waals surface area contributed by atoms with Gasteiger partial charge in [-0.25, -0.2) is 4.79 Å². The first kappa shape index (κ1) is 21.9. The Hall–Kier alpha value is -3.33. The minimum atomic E-state index is -1.01. The van der Waals surface area contributed by atoms with Gasteiger partial charge in [-0.2, -0.15) is 0 Å². The maximum Gasteiger partial charge on any atom is 0.335 e. The fourth-order valence-corrected chi connectivity index (χ4v) is 4.66. The van der Waals surface area contributed by atoms with Crippen LogP contribution in [0.4, 0.5) is 4.79 Å². The van der Waals surface area contributed by atoms with Crippen molar-refractivity contribution in [1.82, 2.24) is 14.4 Å². The van der Waals surface area contributed by atoms with Gasteiger partial charge in [-0.1, -0.05) is 12.8 Å². The van der Waals surface area contributed by atoms with Crippen LogP contribution in [0.1, 0.15) is 41.7 Å². The fourth-order valence-electron chi connectivity index (χ4n) is 3.84. The number of hydrogen-bond acceptors (Lipinski definition) is 5. The summed E-state index contributed by atoms with van der Waals surface area (Å²) in [4.78, 5) is 52.0. The fraction of sp³-hybridized carbons (Fsp3) is 0.304. The van der Waals surface area contributed by atoms with E-state index < -0.39 is 17.1 Å². The van der Waals surface area contributed by atoms with Gasteiger partial charge in [0.15, 0.2) is 0 Å². The lowest BCUT2D eigenvalue weighted by Gasteiger charge is -2.22. The number of amides is 3. The van der Waals surface area contributed by atoms with Gasteiger partial charge < -0.3 is 14.6 Å². The van der Waals surface area contributed by atoms with E-state index in [4.69, 9.17) is 5.11 Å². The number of aromatic carboxylic acids is 1. The average Bonchev–Trinajstić information content (AvgIpc) is 3.21. The van der Waals surface area contributed by atoms with Gasteiger partial charge in [-0.05, 0) is 67.1 Å². The number of carboxylic acids is 1. The Bertz CT molecular complexity index is 1080. The Morgan fingerprint density at radius 3 is 2.34 bits per heavy atom. The number of aromatic nitrogens is 1. The third kappa shape index (κ3) is 4.62. The molecule has 0 atom stereocenters. The molecule has 4 rings (SSSR count). The SMILES string of the molecule is O=C(O)c1ccc(-n2cccc2C=C2SC(=O)N(CC(=O)N3CCCCCC3)C2=O)cc1. The standard InChI is InChI=1S/C23H23N3O5S/c27-20(24-11-3-1-2-4-12-24)15-26-21(28)19(32-23(26)31)14-18-6-5-13-25(18)17-9-7-16(8-10-17)22(29)30/h5-10,13-14H,1-4,11-12,15H2,(H,29,30). The molecule has 1 N–H and O–H groups in total. The summed E-state index contributed by atoms with van der Waals surface area (Å²) >= 11 is 0.820. The molecule has 2 aliphatic heterocycles. The number of likely N-dealkylation sites (tertiary alicyclic amines) is 1. The first-order valence-electron chi connectivity index (χ1n) is 10.5. The molecule has 2 fully saturated rings. The van der Waals surface area contributed by atoms with Crippen LogP contribution in [0.2, 0.25) is 0 Å². The van der Waals surface area contributed by atoms with Gasteiger partial charge in [0.1, 0.15) is 6.54 Å². The van der Waals surface area contributed by atoms with Crippen LogP contribution >= 0.6 is 11.8 Å². The summed E-state index contributed by atoms with van der Waals surface area (Å²) in [6.45, 7) is 1.10. The van der Waals surface area contributed by atoms with E-state index in [1.807, 2.05) is 0 Å². The molecule has 2 aliphatic rings. The summed E-state index contributed by atoms with van der Waals surface area (Å²) in [5, 5.41) is 8.62. The predicted octanol–water partition coefficient (Wildman–Crippen LogP) is 3.61. The van der Waals surface area contributed by atoms with Crippen molar-refractivity contribution >= 4 is 40.9 Å². The molecule has 1 aromatic carbocycles. The van der Waals surface area contributed by atoms with Gasteiger partial charge in [-0.15, -0.1) is 0 Å². The Morgan fingerprint density at radius 1 is 1.00 bits per heavy atom. The second-order valence-corrected chi connectivity index (χ2v) is 8.71. The van der Waals surface area contributed by atoms with Crippen molar-refractivity contribution in [2.24, 2.45) is 0 Å². The average molecular weight is 454 g/mol. The van der Waals surface area contributed by atoms with Gasteiger partial charge >= 0.3 is 5.97 Å². The molecule has 32 heavy (non-hydrogen) atoms. The molecule has 0 bridgehead atoms. The number of hydrogen-bond donors (Lipinski definition) is 1. The third-order valence-electron chi connectivity index (χ3n) is 5.58. The number of nitrogens with zero attached hydrogens (tertiary/aromatic N) is 3. The monoisotopic (exact) mass is 453 g/mol. The molecule has 3 heterocycles. The lowest BCUT2D eigenvalue weighted by Crippen LogP contribution is -2.42. The number of carbonyl (C=O) groups excluding carboxylic acids is 3. The number of rotatable bonds is 5. The van der Waals surface area contributed by atoms with Crippen LogP contribution in [0.25, 0.3) is 11.8 Å². The number of carbonyl (C=O) groups is 4. The molecule has 166 valence electrons. The van der Waals surface area contributed by atoms with Crippen molar-refractivity contribution < 1.29 is 24.3 Å². The Kier molecular flexibility index (Phi) is 6.45. The molecule has 2 saturated heterocycles. The first-order valence-corrected chi connectivity index (χ1v) is 11.3. The molecule has 0 saturated carbocycles. The summed E-state index contributed by atoms with van der Waals surface area (Å²) in [6, 6.07) is 9.94. The van der Waals surface area contributed by atoms with Crippen LogP contribution in [0, 0.1) is 0 Å². The Morgan fingerprint density at radius 2 is 1.69 bits per heavy atom. The van der Waals surface area contributed by atoms with Crippen molar-refractivity contribution in [1.29, 1.82) is 0 Å². The van der Waals surface area contributed by atoms with Crippen LogP contribution in [0.5, 0.6) is 0 Å². The van der Waals surface area contributed by atoms with Gasteiger partial charge in [0.25, 0.3) is 11.1 Å². The molecule has 0 aliphatic carbocycles. The molecule has 8 nitrogen and oxygen atoms in total. The second kappa shape index (κ2) is 9.44. The Labute approximate surface area is 189 Å². The van der Waals surface area contributed by atoms with Crippen molar-refractivity contribution in [2.45, 2.75) is 25.7 Å². The Balaban J connectivity index is 1.50. The lowest BCUT2D eigenvalue weighted by atomic mass is 10.2. The maximum atomic E-state index is 12.9. The highest BCUT2D eigenvalue weighted by Crippen LogP contribution is 2.32. The molecule has 0 unspecified atom stereocenters. The van der Waals surface area contributed by atoms with Crippen molar-refractivity contribution in [3.8, 4) is 5.69 Å². The highest BCUT2D eigenvalue weighted by molar-refractivity contribution is 8.18. The van der Waals surface area contributed by atoms with E-state index in [0.29, 0.717) is 18.8 Å². The molecule has 3 amide bonds. The molecule has 0 spiro atoms. The van der Waals surface area contributed by atoms with Crippen LogP contribution in [-0.4, -0.2) is 62.1 Å². The zero-order valence-corrected chi connectivity index (χ0v) is 18.2. The zero-order valence-electron chi connectivity index (χ0n) is 17.4. The summed E-state index contributed by atoms with van der Waals surface area (Å²) in [5.74, 6) is -1.68. The topological polar surface area (TPSA) is 99.9 Å².